The third-order valence-corrected chi connectivity index (χ3v) is 3.36. The van der Waals surface area contributed by atoms with Crippen LogP contribution in [0.1, 0.15) is 24.8 Å². The van der Waals surface area contributed by atoms with E-state index in [-0.39, 0.29) is 11.8 Å². The van der Waals surface area contributed by atoms with Gasteiger partial charge < -0.3 is 5.11 Å². The van der Waals surface area contributed by atoms with Gasteiger partial charge in [-0.05, 0) is 24.5 Å². The van der Waals surface area contributed by atoms with Gasteiger partial charge in [-0.1, -0.05) is 6.07 Å². The first-order valence-electron chi connectivity index (χ1n) is 5.73. The molecule has 0 saturated heterocycles. The number of carbonyl (C=O) groups is 1. The molecule has 0 atom stereocenters. The van der Waals surface area contributed by atoms with E-state index < -0.39 is 5.97 Å². The van der Waals surface area contributed by atoms with Gasteiger partial charge in [-0.3, -0.25) is 4.79 Å². The van der Waals surface area contributed by atoms with Crippen LogP contribution in [-0.4, -0.2) is 30.8 Å². The van der Waals surface area contributed by atoms with Crippen LogP contribution in [0.5, 0.6) is 0 Å². The molecular weight excluding hydrogens is 232 g/mol. The molecule has 92 valence electrons. The Balaban J connectivity index is 1.86. The second kappa shape index (κ2) is 3.90. The molecule has 1 aliphatic rings. The van der Waals surface area contributed by atoms with Crippen molar-refractivity contribution in [3.8, 4) is 5.82 Å². The molecule has 0 radical (unpaired) electrons. The van der Waals surface area contributed by atoms with Crippen LogP contribution in [0.4, 0.5) is 0 Å². The Labute approximate surface area is 103 Å². The minimum absolute atomic E-state index is 0.178. The van der Waals surface area contributed by atoms with Crippen LogP contribution in [0.2, 0.25) is 0 Å². The summed E-state index contributed by atoms with van der Waals surface area (Å²) in [6, 6.07) is 3.77. The molecule has 6 heteroatoms. The average Bonchev–Trinajstić information content (AvgIpc) is 2.93. The van der Waals surface area contributed by atoms with Crippen LogP contribution in [0.15, 0.2) is 31.0 Å². The average molecular weight is 244 g/mol. The van der Waals surface area contributed by atoms with E-state index in [9.17, 15) is 4.79 Å². The van der Waals surface area contributed by atoms with E-state index in [1.807, 2.05) is 12.1 Å². The fourth-order valence-corrected chi connectivity index (χ4v) is 2.17. The molecule has 2 aromatic rings. The van der Waals surface area contributed by atoms with Crippen LogP contribution >= 0.6 is 0 Å². The number of aliphatic carboxylic acids is 1. The number of hydrogen-bond acceptors (Lipinski definition) is 4. The molecule has 0 aromatic carbocycles. The molecule has 0 amide bonds. The molecule has 1 aliphatic carbocycles. The molecule has 2 heterocycles. The standard InChI is InChI=1S/C12H12N4O2/c17-11(18)5-12(3-4-12)9-1-2-10(14-6-9)16-8-13-7-15-16/h1-2,6-8H,3-5H2,(H,17,18). The topological polar surface area (TPSA) is 80.9 Å². The van der Waals surface area contributed by atoms with Gasteiger partial charge in [0.25, 0.3) is 0 Å². The first-order chi connectivity index (χ1) is 8.70. The Hall–Kier alpha value is -2.24. The zero-order chi connectivity index (χ0) is 12.6. The van der Waals surface area contributed by atoms with Gasteiger partial charge in [-0.15, -0.1) is 0 Å². The van der Waals surface area contributed by atoms with Crippen molar-refractivity contribution in [2.45, 2.75) is 24.7 Å². The fraction of sp³-hybridized carbons (Fsp3) is 0.333. The largest absolute Gasteiger partial charge is 0.481 e. The summed E-state index contributed by atoms with van der Waals surface area (Å²) in [7, 11) is 0. The van der Waals surface area contributed by atoms with Crippen molar-refractivity contribution in [3.05, 3.63) is 36.5 Å². The molecule has 0 spiro atoms. The van der Waals surface area contributed by atoms with E-state index in [0.717, 1.165) is 18.4 Å². The van der Waals surface area contributed by atoms with E-state index in [2.05, 4.69) is 15.1 Å². The summed E-state index contributed by atoms with van der Waals surface area (Å²) in [4.78, 5) is 19.0. The summed E-state index contributed by atoms with van der Waals surface area (Å²) < 4.78 is 1.57. The van der Waals surface area contributed by atoms with E-state index in [1.54, 1.807) is 17.2 Å². The van der Waals surface area contributed by atoms with Crippen molar-refractivity contribution in [1.29, 1.82) is 0 Å². The molecule has 0 bridgehead atoms. The Morgan fingerprint density at radius 2 is 2.28 bits per heavy atom. The van der Waals surface area contributed by atoms with Gasteiger partial charge in [0.1, 0.15) is 12.7 Å². The lowest BCUT2D eigenvalue weighted by atomic mass is 9.94. The zero-order valence-corrected chi connectivity index (χ0v) is 9.65. The monoisotopic (exact) mass is 244 g/mol. The van der Waals surface area contributed by atoms with Crippen LogP contribution in [-0.2, 0) is 10.2 Å². The number of carboxylic acids is 1. The SMILES string of the molecule is O=C(O)CC1(c2ccc(-n3cncn3)nc2)CC1. The summed E-state index contributed by atoms with van der Waals surface area (Å²) in [6.45, 7) is 0. The predicted octanol–water partition coefficient (Wildman–Crippen LogP) is 1.17. The van der Waals surface area contributed by atoms with Crippen LogP contribution in [0.3, 0.4) is 0 Å². The minimum atomic E-state index is -0.757. The third-order valence-electron chi connectivity index (χ3n) is 3.36. The summed E-state index contributed by atoms with van der Waals surface area (Å²) >= 11 is 0. The van der Waals surface area contributed by atoms with Gasteiger partial charge in [-0.25, -0.2) is 14.6 Å². The maximum absolute atomic E-state index is 10.8. The summed E-state index contributed by atoms with van der Waals surface area (Å²) in [5.74, 6) is -0.0739. The molecule has 18 heavy (non-hydrogen) atoms. The Bertz CT molecular complexity index is 558. The second-order valence-corrected chi connectivity index (χ2v) is 4.60. The van der Waals surface area contributed by atoms with Gasteiger partial charge in [0, 0.05) is 11.6 Å². The number of rotatable bonds is 4. The second-order valence-electron chi connectivity index (χ2n) is 4.60. The summed E-state index contributed by atoms with van der Waals surface area (Å²) in [5.41, 5.74) is 0.800. The molecule has 6 nitrogen and oxygen atoms in total. The van der Waals surface area contributed by atoms with E-state index in [1.165, 1.54) is 6.33 Å². The van der Waals surface area contributed by atoms with Crippen LogP contribution in [0.25, 0.3) is 5.82 Å². The van der Waals surface area contributed by atoms with E-state index in [4.69, 9.17) is 5.11 Å². The first kappa shape index (κ1) is 10.9. The summed E-state index contributed by atoms with van der Waals surface area (Å²) in [5, 5.41) is 12.9. The molecule has 3 rings (SSSR count). The Morgan fingerprint density at radius 1 is 1.44 bits per heavy atom. The lowest BCUT2D eigenvalue weighted by Crippen LogP contribution is -2.13. The number of aromatic nitrogens is 4. The lowest BCUT2D eigenvalue weighted by Gasteiger charge is -2.12. The molecule has 2 aromatic heterocycles. The smallest absolute Gasteiger partial charge is 0.304 e. The normalized spacial score (nSPS) is 16.4. The lowest BCUT2D eigenvalue weighted by molar-refractivity contribution is -0.137. The molecule has 0 unspecified atom stereocenters. The maximum Gasteiger partial charge on any atom is 0.304 e. The van der Waals surface area contributed by atoms with Gasteiger partial charge in [-0.2, -0.15) is 5.10 Å². The minimum Gasteiger partial charge on any atom is -0.481 e. The predicted molar refractivity (Wildman–Crippen MR) is 62.3 cm³/mol. The number of nitrogens with zero attached hydrogens (tertiary/aromatic N) is 4. The number of hydrogen-bond donors (Lipinski definition) is 1. The van der Waals surface area contributed by atoms with Gasteiger partial charge in [0.15, 0.2) is 5.82 Å². The van der Waals surface area contributed by atoms with Crippen molar-refractivity contribution in [3.63, 3.8) is 0 Å². The number of carboxylic acid groups (broad SMARTS) is 1. The molecule has 1 fully saturated rings. The van der Waals surface area contributed by atoms with Crippen LogP contribution < -0.4 is 0 Å². The molecule has 0 aliphatic heterocycles. The maximum atomic E-state index is 10.8. The van der Waals surface area contributed by atoms with Crippen molar-refractivity contribution in [1.82, 2.24) is 19.7 Å². The van der Waals surface area contributed by atoms with Crippen molar-refractivity contribution in [2.24, 2.45) is 0 Å². The van der Waals surface area contributed by atoms with Crippen molar-refractivity contribution >= 4 is 5.97 Å². The molecule has 1 saturated carbocycles. The van der Waals surface area contributed by atoms with E-state index in [0.29, 0.717) is 5.82 Å². The third kappa shape index (κ3) is 1.85. The van der Waals surface area contributed by atoms with Gasteiger partial charge in [0.2, 0.25) is 0 Å². The highest BCUT2D eigenvalue weighted by Crippen LogP contribution is 2.50. The quantitative estimate of drug-likeness (QED) is 0.873. The zero-order valence-electron chi connectivity index (χ0n) is 9.65. The van der Waals surface area contributed by atoms with Crippen molar-refractivity contribution in [2.75, 3.05) is 0 Å². The van der Waals surface area contributed by atoms with E-state index >= 15 is 0 Å². The molecule has 1 N–H and O–H groups in total. The highest BCUT2D eigenvalue weighted by Gasteiger charge is 2.46. The van der Waals surface area contributed by atoms with Crippen molar-refractivity contribution < 1.29 is 9.90 Å². The molecular formula is C12H12N4O2. The van der Waals surface area contributed by atoms with Gasteiger partial charge >= 0.3 is 5.97 Å². The highest BCUT2D eigenvalue weighted by atomic mass is 16.4. The van der Waals surface area contributed by atoms with Crippen LogP contribution in [0, 0.1) is 0 Å². The number of pyridine rings is 1. The first-order valence-corrected chi connectivity index (χ1v) is 5.73. The highest BCUT2D eigenvalue weighted by molar-refractivity contribution is 5.70. The Kier molecular flexibility index (Phi) is 2.36. The summed E-state index contributed by atoms with van der Waals surface area (Å²) in [6.07, 6.45) is 6.78. The Morgan fingerprint density at radius 3 is 2.78 bits per heavy atom. The fourth-order valence-electron chi connectivity index (χ4n) is 2.17. The van der Waals surface area contributed by atoms with Gasteiger partial charge in [0.05, 0.1) is 6.42 Å².